The lowest BCUT2D eigenvalue weighted by Gasteiger charge is -2.17. The molecule has 0 bridgehead atoms. The van der Waals surface area contributed by atoms with E-state index in [4.69, 9.17) is 21.1 Å². The molecule has 194 valence electrons. The molecular weight excluding hydrogens is 490 g/mol. The Labute approximate surface area is 222 Å². The minimum absolute atomic E-state index is 0.156. The van der Waals surface area contributed by atoms with Gasteiger partial charge in [-0.15, -0.1) is 0 Å². The van der Waals surface area contributed by atoms with E-state index >= 15 is 0 Å². The van der Waals surface area contributed by atoms with Gasteiger partial charge < -0.3 is 25.2 Å². The van der Waals surface area contributed by atoms with Crippen LogP contribution in [0.3, 0.4) is 0 Å². The quantitative estimate of drug-likeness (QED) is 0.245. The van der Waals surface area contributed by atoms with Crippen LogP contribution in [0.25, 0.3) is 0 Å². The topological polar surface area (TPSA) is 101 Å². The summed E-state index contributed by atoms with van der Waals surface area (Å²) in [6.45, 7) is 3.29. The van der Waals surface area contributed by atoms with Gasteiger partial charge in [0.25, 0.3) is 0 Å². The number of nitrogens with one attached hydrogen (secondary N) is 2. The second-order valence-corrected chi connectivity index (χ2v) is 9.92. The van der Waals surface area contributed by atoms with Crippen molar-refractivity contribution >= 4 is 29.2 Å². The second-order valence-electron chi connectivity index (χ2n) is 9.51. The van der Waals surface area contributed by atoms with Gasteiger partial charge in [0, 0.05) is 17.3 Å². The molecule has 37 heavy (non-hydrogen) atoms. The van der Waals surface area contributed by atoms with Crippen LogP contribution in [0.2, 0.25) is 5.02 Å². The molecule has 1 fully saturated rings. The zero-order chi connectivity index (χ0) is 26.3. The molecule has 1 heterocycles. The van der Waals surface area contributed by atoms with Crippen LogP contribution in [-0.2, 0) is 0 Å². The molecule has 4 rings (SSSR count). The molecule has 0 spiro atoms. The first kappa shape index (κ1) is 26.5. The summed E-state index contributed by atoms with van der Waals surface area (Å²) in [5.41, 5.74) is 0.413. The minimum atomic E-state index is -1.06. The van der Waals surface area contributed by atoms with Crippen molar-refractivity contribution in [1.29, 1.82) is 0 Å². The van der Waals surface area contributed by atoms with E-state index in [1.807, 2.05) is 18.2 Å². The third-order valence-corrected chi connectivity index (χ3v) is 6.08. The van der Waals surface area contributed by atoms with Crippen molar-refractivity contribution in [2.75, 3.05) is 17.7 Å². The molecule has 0 aliphatic heterocycles. The Bertz CT molecular complexity index is 1260. The van der Waals surface area contributed by atoms with Gasteiger partial charge in [-0.1, -0.05) is 49.1 Å². The fourth-order valence-corrected chi connectivity index (χ4v) is 4.20. The molecule has 0 atom stereocenters. The Morgan fingerprint density at radius 3 is 2.32 bits per heavy atom. The summed E-state index contributed by atoms with van der Waals surface area (Å²) in [5, 5.41) is 16.9. The highest BCUT2D eigenvalue weighted by molar-refractivity contribution is 6.32. The molecule has 0 unspecified atom stereocenters. The molecule has 3 aromatic rings. The Morgan fingerprint density at radius 2 is 1.68 bits per heavy atom. The van der Waals surface area contributed by atoms with E-state index in [0.29, 0.717) is 40.1 Å². The Balaban J connectivity index is 1.57. The van der Waals surface area contributed by atoms with Crippen molar-refractivity contribution in [2.24, 2.45) is 0 Å². The van der Waals surface area contributed by atoms with Crippen LogP contribution in [-0.4, -0.2) is 38.8 Å². The summed E-state index contributed by atoms with van der Waals surface area (Å²) >= 11 is 6.29. The molecular formula is C28H32ClN5O3. The van der Waals surface area contributed by atoms with E-state index in [9.17, 15) is 5.11 Å². The van der Waals surface area contributed by atoms with E-state index < -0.39 is 5.60 Å². The minimum Gasteiger partial charge on any atom is -0.495 e. The average molecular weight is 522 g/mol. The van der Waals surface area contributed by atoms with Crippen LogP contribution in [0, 0.1) is 11.8 Å². The number of methoxy groups -OCH3 is 1. The fraction of sp³-hybridized carbons (Fsp3) is 0.393. The molecule has 0 saturated heterocycles. The Kier molecular flexibility index (Phi) is 8.70. The number of anilines is 3. The maximum absolute atomic E-state index is 9.81. The lowest BCUT2D eigenvalue weighted by atomic mass is 10.1. The van der Waals surface area contributed by atoms with E-state index in [1.165, 1.54) is 25.7 Å². The van der Waals surface area contributed by atoms with Crippen LogP contribution in [0.4, 0.5) is 17.6 Å². The smallest absolute Gasteiger partial charge is 0.328 e. The summed E-state index contributed by atoms with van der Waals surface area (Å²) in [6, 6.07) is 13.0. The number of hydrogen-bond acceptors (Lipinski definition) is 8. The first-order valence-corrected chi connectivity index (χ1v) is 12.8. The molecule has 2 aromatic carbocycles. The SMILES string of the molecule is COc1ccc(Nc2nc(NC3CCCCCC3)nc(Oc3ccc(C#CC(C)(C)O)cc3)n2)cc1Cl. The summed E-state index contributed by atoms with van der Waals surface area (Å²) in [5.74, 6) is 7.66. The van der Waals surface area contributed by atoms with Gasteiger partial charge in [0.05, 0.1) is 12.1 Å². The largest absolute Gasteiger partial charge is 0.495 e. The van der Waals surface area contributed by atoms with E-state index in [2.05, 4.69) is 37.4 Å². The first-order valence-electron chi connectivity index (χ1n) is 12.4. The van der Waals surface area contributed by atoms with Crippen LogP contribution in [0.1, 0.15) is 57.9 Å². The lowest BCUT2D eigenvalue weighted by molar-refractivity contribution is 0.143. The summed E-state index contributed by atoms with van der Waals surface area (Å²) in [6.07, 6.45) is 7.03. The number of benzene rings is 2. The molecule has 1 aliphatic rings. The molecule has 1 aliphatic carbocycles. The number of aliphatic hydroxyl groups is 1. The first-order chi connectivity index (χ1) is 17.8. The zero-order valence-electron chi connectivity index (χ0n) is 21.3. The highest BCUT2D eigenvalue weighted by Gasteiger charge is 2.16. The van der Waals surface area contributed by atoms with Gasteiger partial charge in [0.1, 0.15) is 17.1 Å². The maximum Gasteiger partial charge on any atom is 0.328 e. The van der Waals surface area contributed by atoms with E-state index in [-0.39, 0.29) is 6.01 Å². The highest BCUT2D eigenvalue weighted by atomic mass is 35.5. The lowest BCUT2D eigenvalue weighted by Crippen LogP contribution is -2.20. The van der Waals surface area contributed by atoms with Crippen molar-refractivity contribution in [3.63, 3.8) is 0 Å². The molecule has 0 radical (unpaired) electrons. The third kappa shape index (κ3) is 8.24. The number of rotatable bonds is 7. The fourth-order valence-electron chi connectivity index (χ4n) is 3.94. The van der Waals surface area contributed by atoms with Gasteiger partial charge in [-0.05, 0) is 69.2 Å². The van der Waals surface area contributed by atoms with E-state index in [1.54, 1.807) is 45.2 Å². The van der Waals surface area contributed by atoms with Gasteiger partial charge in [0.2, 0.25) is 11.9 Å². The molecule has 3 N–H and O–H groups in total. The predicted molar refractivity (Wildman–Crippen MR) is 146 cm³/mol. The van der Waals surface area contributed by atoms with Crippen LogP contribution in [0.15, 0.2) is 42.5 Å². The van der Waals surface area contributed by atoms with Gasteiger partial charge in [-0.25, -0.2) is 0 Å². The number of nitrogens with zero attached hydrogens (tertiary/aromatic N) is 3. The highest BCUT2D eigenvalue weighted by Crippen LogP contribution is 2.29. The number of hydrogen-bond donors (Lipinski definition) is 3. The number of aromatic nitrogens is 3. The Morgan fingerprint density at radius 1 is 0.973 bits per heavy atom. The monoisotopic (exact) mass is 521 g/mol. The average Bonchev–Trinajstić information content (AvgIpc) is 3.12. The molecule has 1 aromatic heterocycles. The van der Waals surface area contributed by atoms with Crippen LogP contribution < -0.4 is 20.1 Å². The van der Waals surface area contributed by atoms with Crippen molar-refractivity contribution in [3.8, 4) is 29.4 Å². The van der Waals surface area contributed by atoms with Gasteiger partial charge >= 0.3 is 6.01 Å². The molecule has 1 saturated carbocycles. The summed E-state index contributed by atoms with van der Waals surface area (Å²) < 4.78 is 11.2. The van der Waals surface area contributed by atoms with Crippen molar-refractivity contribution in [2.45, 2.75) is 64.0 Å². The van der Waals surface area contributed by atoms with Crippen molar-refractivity contribution in [1.82, 2.24) is 15.0 Å². The normalized spacial score (nSPS) is 14.2. The van der Waals surface area contributed by atoms with Crippen molar-refractivity contribution in [3.05, 3.63) is 53.1 Å². The second kappa shape index (κ2) is 12.1. The summed E-state index contributed by atoms with van der Waals surface area (Å²) in [4.78, 5) is 13.6. The standard InChI is InChI=1S/C28H32ClN5O3/c1-28(2,35)17-16-19-10-13-22(14-11-19)37-27-33-25(30-20-8-6-4-5-7-9-20)32-26(34-27)31-21-12-15-24(36-3)23(29)18-21/h10-15,18,20,35H,4-9H2,1-3H3,(H2,30,31,32,33,34). The molecule has 9 heteroatoms. The van der Waals surface area contributed by atoms with Gasteiger partial charge in [-0.3, -0.25) is 0 Å². The van der Waals surface area contributed by atoms with E-state index in [0.717, 1.165) is 18.4 Å². The predicted octanol–water partition coefficient (Wildman–Crippen LogP) is 6.33. The Hall–Kier alpha value is -3.54. The van der Waals surface area contributed by atoms with Gasteiger partial charge in [-0.2, -0.15) is 15.0 Å². The van der Waals surface area contributed by atoms with Crippen molar-refractivity contribution < 1.29 is 14.6 Å². The maximum atomic E-state index is 9.81. The van der Waals surface area contributed by atoms with Crippen LogP contribution >= 0.6 is 11.6 Å². The molecule has 0 amide bonds. The number of halogens is 1. The number of ether oxygens (including phenoxy) is 2. The van der Waals surface area contributed by atoms with Crippen LogP contribution in [0.5, 0.6) is 17.5 Å². The zero-order valence-corrected chi connectivity index (χ0v) is 22.1. The molecule has 8 nitrogen and oxygen atoms in total. The third-order valence-electron chi connectivity index (χ3n) is 5.79. The van der Waals surface area contributed by atoms with Gasteiger partial charge in [0.15, 0.2) is 0 Å². The summed E-state index contributed by atoms with van der Waals surface area (Å²) in [7, 11) is 1.57.